The lowest BCUT2D eigenvalue weighted by atomic mass is 10.1. The summed E-state index contributed by atoms with van der Waals surface area (Å²) in [4.78, 5) is 36.8. The molecule has 0 radical (unpaired) electrons. The molecule has 0 unspecified atom stereocenters. The second-order valence-corrected chi connectivity index (χ2v) is 7.23. The van der Waals surface area contributed by atoms with Crippen LogP contribution in [0.2, 0.25) is 0 Å². The fourth-order valence-corrected chi connectivity index (χ4v) is 4.05. The minimum atomic E-state index is -1.46. The average molecular weight is 426 g/mol. The maximum atomic E-state index is 15.3. The predicted octanol–water partition coefficient (Wildman–Crippen LogP) is 2.25. The second kappa shape index (κ2) is 6.77. The molecule has 11 heteroatoms. The van der Waals surface area contributed by atoms with E-state index >= 15 is 4.39 Å². The third kappa shape index (κ3) is 2.81. The molecule has 2 aromatic carbocycles. The van der Waals surface area contributed by atoms with Crippen LogP contribution < -0.4 is 20.4 Å². The van der Waals surface area contributed by atoms with Crippen LogP contribution in [0.3, 0.4) is 0 Å². The number of hydrogen-bond donors (Lipinski definition) is 2. The Bertz CT molecular complexity index is 1350. The Morgan fingerprint density at radius 2 is 2.00 bits per heavy atom. The molecule has 1 fully saturated rings. The number of nitro benzene ring substituents is 1. The number of carboxylic acids is 1. The maximum Gasteiger partial charge on any atom is 0.341 e. The Kier molecular flexibility index (Phi) is 4.15. The van der Waals surface area contributed by atoms with Gasteiger partial charge in [0, 0.05) is 38.4 Å². The normalized spacial score (nSPS) is 14.8. The van der Waals surface area contributed by atoms with Gasteiger partial charge in [-0.1, -0.05) is 0 Å². The molecule has 10 nitrogen and oxygen atoms in total. The van der Waals surface area contributed by atoms with Crippen molar-refractivity contribution in [2.24, 2.45) is 0 Å². The second-order valence-electron chi connectivity index (χ2n) is 7.23. The summed E-state index contributed by atoms with van der Waals surface area (Å²) in [6.07, 6.45) is 1.14. The van der Waals surface area contributed by atoms with E-state index in [9.17, 15) is 24.8 Å². The lowest BCUT2D eigenvalue weighted by molar-refractivity contribution is -0.384. The topological polar surface area (TPSA) is 127 Å². The van der Waals surface area contributed by atoms with Gasteiger partial charge in [-0.2, -0.15) is 0 Å². The minimum absolute atomic E-state index is 0.0268. The van der Waals surface area contributed by atoms with Crippen molar-refractivity contribution in [1.29, 1.82) is 0 Å². The molecule has 31 heavy (non-hydrogen) atoms. The van der Waals surface area contributed by atoms with Gasteiger partial charge in [-0.25, -0.2) is 9.18 Å². The number of piperazine rings is 1. The number of nitrogens with zero attached hydrogens (tertiary/aromatic N) is 3. The first-order valence-electron chi connectivity index (χ1n) is 9.44. The number of rotatable bonds is 3. The van der Waals surface area contributed by atoms with Crippen LogP contribution in [0.15, 0.2) is 35.3 Å². The molecule has 0 atom stereocenters. The fourth-order valence-electron chi connectivity index (χ4n) is 4.05. The number of aromatic carboxylic acids is 1. The zero-order valence-electron chi connectivity index (χ0n) is 15.9. The zero-order chi connectivity index (χ0) is 21.9. The van der Waals surface area contributed by atoms with Crippen molar-refractivity contribution >= 4 is 28.2 Å². The third-order valence-corrected chi connectivity index (χ3v) is 5.46. The first-order chi connectivity index (χ1) is 14.9. The van der Waals surface area contributed by atoms with E-state index in [2.05, 4.69) is 5.32 Å². The van der Waals surface area contributed by atoms with Gasteiger partial charge in [-0.05, 0) is 12.1 Å². The first-order valence-corrected chi connectivity index (χ1v) is 9.44. The number of non-ortho nitro benzene ring substituents is 1. The molecule has 3 aromatic rings. The van der Waals surface area contributed by atoms with Crippen molar-refractivity contribution < 1.29 is 24.0 Å². The standard InChI is InChI=1S/C20H15FN4O6/c21-13-8-11-16-19(17(13)23-5-3-22-4-6-23)31-15-7-10(25(29)30)1-2-14(15)24(16)9-12(18(11)26)20(27)28/h1-2,7-9,22H,3-6H2,(H,27,28). The summed E-state index contributed by atoms with van der Waals surface area (Å²) < 4.78 is 22.6. The Labute approximate surface area is 173 Å². The summed E-state index contributed by atoms with van der Waals surface area (Å²) in [6.45, 7) is 2.20. The van der Waals surface area contributed by atoms with Gasteiger partial charge in [0.15, 0.2) is 17.3 Å². The number of nitro groups is 1. The Morgan fingerprint density at radius 1 is 1.26 bits per heavy atom. The molecule has 3 heterocycles. The summed E-state index contributed by atoms with van der Waals surface area (Å²) in [5.74, 6) is -2.10. The number of carboxylic acid groups (broad SMARTS) is 1. The highest BCUT2D eigenvalue weighted by atomic mass is 19.1. The van der Waals surface area contributed by atoms with Crippen molar-refractivity contribution in [3.8, 4) is 17.2 Å². The van der Waals surface area contributed by atoms with Crippen LogP contribution in [0.25, 0.3) is 16.6 Å². The van der Waals surface area contributed by atoms with Crippen molar-refractivity contribution in [3.63, 3.8) is 0 Å². The molecule has 0 saturated carbocycles. The number of fused-ring (bicyclic) bond motifs is 2. The predicted molar refractivity (Wildman–Crippen MR) is 108 cm³/mol. The molecule has 2 aliphatic rings. The summed E-state index contributed by atoms with van der Waals surface area (Å²) in [5.41, 5.74) is -0.964. The van der Waals surface area contributed by atoms with E-state index in [1.54, 1.807) is 4.90 Å². The van der Waals surface area contributed by atoms with Gasteiger partial charge in [0.2, 0.25) is 5.43 Å². The molecule has 1 aromatic heterocycles. The number of aromatic nitrogens is 1. The third-order valence-electron chi connectivity index (χ3n) is 5.46. The highest BCUT2D eigenvalue weighted by Crippen LogP contribution is 2.47. The Morgan fingerprint density at radius 3 is 2.68 bits per heavy atom. The van der Waals surface area contributed by atoms with E-state index in [0.717, 1.165) is 12.3 Å². The molecule has 1 saturated heterocycles. The number of pyridine rings is 1. The molecular weight excluding hydrogens is 411 g/mol. The first kappa shape index (κ1) is 19.0. The van der Waals surface area contributed by atoms with Crippen molar-refractivity contribution in [2.45, 2.75) is 0 Å². The fraction of sp³-hybridized carbons (Fsp3) is 0.200. The molecular formula is C20H15FN4O6. The molecule has 0 amide bonds. The smallest absolute Gasteiger partial charge is 0.341 e. The minimum Gasteiger partial charge on any atom is -0.477 e. The van der Waals surface area contributed by atoms with Crippen LogP contribution in [-0.2, 0) is 0 Å². The van der Waals surface area contributed by atoms with Crippen molar-refractivity contribution in [3.05, 3.63) is 62.2 Å². The van der Waals surface area contributed by atoms with Gasteiger partial charge >= 0.3 is 5.97 Å². The number of anilines is 1. The number of nitrogens with one attached hydrogen (secondary N) is 1. The monoisotopic (exact) mass is 426 g/mol. The average Bonchev–Trinajstić information content (AvgIpc) is 2.75. The van der Waals surface area contributed by atoms with Gasteiger partial charge in [0.25, 0.3) is 5.69 Å². The number of benzene rings is 2. The molecule has 0 spiro atoms. The molecule has 0 bridgehead atoms. The highest BCUT2D eigenvalue weighted by Gasteiger charge is 2.31. The number of ether oxygens (including phenoxy) is 1. The van der Waals surface area contributed by atoms with Crippen LogP contribution in [0.1, 0.15) is 10.4 Å². The van der Waals surface area contributed by atoms with Crippen LogP contribution in [0.5, 0.6) is 11.5 Å². The Balaban J connectivity index is 1.89. The number of halogens is 1. The van der Waals surface area contributed by atoms with E-state index in [-0.39, 0.29) is 33.8 Å². The van der Waals surface area contributed by atoms with Crippen LogP contribution >= 0.6 is 0 Å². The molecule has 5 rings (SSSR count). The van der Waals surface area contributed by atoms with Crippen LogP contribution in [0.4, 0.5) is 15.8 Å². The van der Waals surface area contributed by atoms with E-state index in [4.69, 9.17) is 4.74 Å². The largest absolute Gasteiger partial charge is 0.477 e. The zero-order valence-corrected chi connectivity index (χ0v) is 15.9. The van der Waals surface area contributed by atoms with Crippen molar-refractivity contribution in [2.75, 3.05) is 31.1 Å². The van der Waals surface area contributed by atoms with Gasteiger partial charge in [0.1, 0.15) is 16.8 Å². The van der Waals surface area contributed by atoms with Gasteiger partial charge in [0.05, 0.1) is 22.1 Å². The summed E-state index contributed by atoms with van der Waals surface area (Å²) in [5, 5.41) is 23.7. The maximum absolute atomic E-state index is 15.3. The summed E-state index contributed by atoms with van der Waals surface area (Å²) >= 11 is 0. The van der Waals surface area contributed by atoms with Gasteiger partial charge in [-0.15, -0.1) is 0 Å². The van der Waals surface area contributed by atoms with E-state index in [1.807, 2.05) is 0 Å². The van der Waals surface area contributed by atoms with E-state index < -0.39 is 27.7 Å². The SMILES string of the molecule is O=C(O)c1cn2c3c(c(N4CCNCC4)c(F)cc3c1=O)Oc1cc([N+](=O)[O-])ccc1-2. The molecule has 2 aliphatic heterocycles. The lowest BCUT2D eigenvalue weighted by Gasteiger charge is -2.33. The summed E-state index contributed by atoms with van der Waals surface area (Å²) in [6, 6.07) is 4.87. The number of hydrogen-bond acceptors (Lipinski definition) is 7. The quantitative estimate of drug-likeness (QED) is 0.377. The molecule has 0 aliphatic carbocycles. The van der Waals surface area contributed by atoms with E-state index in [0.29, 0.717) is 31.9 Å². The van der Waals surface area contributed by atoms with E-state index in [1.165, 1.54) is 22.8 Å². The van der Waals surface area contributed by atoms with Crippen molar-refractivity contribution in [1.82, 2.24) is 9.88 Å². The lowest BCUT2D eigenvalue weighted by Crippen LogP contribution is -2.44. The van der Waals surface area contributed by atoms with Crippen LogP contribution in [0, 0.1) is 15.9 Å². The van der Waals surface area contributed by atoms with Gasteiger partial charge in [-0.3, -0.25) is 14.9 Å². The van der Waals surface area contributed by atoms with Crippen LogP contribution in [-0.4, -0.2) is 46.7 Å². The highest BCUT2D eigenvalue weighted by molar-refractivity contribution is 5.99. The number of carbonyl (C=O) groups is 1. The molecule has 158 valence electrons. The Hall–Kier alpha value is -3.99. The summed E-state index contributed by atoms with van der Waals surface area (Å²) in [7, 11) is 0. The molecule has 2 N–H and O–H groups in total. The van der Waals surface area contributed by atoms with Gasteiger partial charge < -0.3 is 24.6 Å².